The molecule has 0 spiro atoms. The quantitative estimate of drug-likeness (QED) is 0.572. The molecule has 0 saturated carbocycles. The Labute approximate surface area is 166 Å². The third-order valence-corrected chi connectivity index (χ3v) is 3.93. The summed E-state index contributed by atoms with van der Waals surface area (Å²) in [5.74, 6) is -0.330. The van der Waals surface area contributed by atoms with E-state index in [1.165, 1.54) is 12.3 Å². The fourth-order valence-corrected chi connectivity index (χ4v) is 2.44. The summed E-state index contributed by atoms with van der Waals surface area (Å²) in [6, 6.07) is 16.5. The molecule has 8 nitrogen and oxygen atoms in total. The van der Waals surface area contributed by atoms with Crippen LogP contribution in [0.25, 0.3) is 0 Å². The van der Waals surface area contributed by atoms with E-state index in [2.05, 4.69) is 16.0 Å². The van der Waals surface area contributed by atoms with E-state index < -0.39 is 11.8 Å². The molecule has 0 aliphatic rings. The topological polar surface area (TPSA) is 110 Å². The Morgan fingerprint density at radius 1 is 0.862 bits per heavy atom. The Morgan fingerprint density at radius 3 is 2.14 bits per heavy atom. The highest BCUT2D eigenvalue weighted by molar-refractivity contribution is 6.04. The Balaban J connectivity index is 1.50. The molecule has 3 rings (SSSR count). The first-order valence-electron chi connectivity index (χ1n) is 8.72. The van der Waals surface area contributed by atoms with Crippen LogP contribution in [0.4, 0.5) is 11.4 Å². The predicted molar refractivity (Wildman–Crippen MR) is 107 cm³/mol. The molecular formula is C21H19N3O5. The second-order valence-corrected chi connectivity index (χ2v) is 5.97. The molecule has 0 fully saturated rings. The summed E-state index contributed by atoms with van der Waals surface area (Å²) in [5, 5.41) is 7.87. The molecule has 0 aliphatic carbocycles. The van der Waals surface area contributed by atoms with Gasteiger partial charge < -0.3 is 25.1 Å². The Morgan fingerprint density at radius 2 is 1.52 bits per heavy atom. The highest BCUT2D eigenvalue weighted by Gasteiger charge is 2.11. The number of anilines is 2. The van der Waals surface area contributed by atoms with E-state index in [1.807, 2.05) is 0 Å². The summed E-state index contributed by atoms with van der Waals surface area (Å²) in [4.78, 5) is 36.0. The molecule has 1 heterocycles. The fraction of sp³-hybridized carbons (Fsp3) is 0.0952. The normalized spacial score (nSPS) is 10.1. The van der Waals surface area contributed by atoms with Gasteiger partial charge in [-0.2, -0.15) is 0 Å². The number of nitrogens with one attached hydrogen (secondary N) is 3. The summed E-state index contributed by atoms with van der Waals surface area (Å²) in [6.45, 7) is -0.209. The molecule has 3 N–H and O–H groups in total. The Kier molecular flexibility index (Phi) is 6.26. The fourth-order valence-electron chi connectivity index (χ4n) is 2.44. The van der Waals surface area contributed by atoms with Crippen LogP contribution >= 0.6 is 0 Å². The maximum Gasteiger partial charge on any atom is 0.287 e. The van der Waals surface area contributed by atoms with Crippen LogP contribution in [-0.2, 0) is 4.79 Å². The highest BCUT2D eigenvalue weighted by atomic mass is 16.5. The summed E-state index contributed by atoms with van der Waals surface area (Å²) in [7, 11) is 1.57. The van der Waals surface area contributed by atoms with Crippen LogP contribution < -0.4 is 20.7 Å². The second-order valence-electron chi connectivity index (χ2n) is 5.97. The van der Waals surface area contributed by atoms with Crippen LogP contribution in [0.15, 0.2) is 71.3 Å². The number of ether oxygens (including phenoxy) is 1. The zero-order valence-electron chi connectivity index (χ0n) is 15.6. The predicted octanol–water partition coefficient (Wildman–Crippen LogP) is 2.91. The lowest BCUT2D eigenvalue weighted by Crippen LogP contribution is -2.32. The van der Waals surface area contributed by atoms with Gasteiger partial charge in [0.25, 0.3) is 11.8 Å². The summed E-state index contributed by atoms with van der Waals surface area (Å²) >= 11 is 0. The molecule has 3 aromatic rings. The van der Waals surface area contributed by atoms with E-state index in [-0.39, 0.29) is 18.2 Å². The van der Waals surface area contributed by atoms with Gasteiger partial charge in [-0.05, 0) is 60.7 Å². The molecule has 0 unspecified atom stereocenters. The molecular weight excluding hydrogens is 374 g/mol. The molecule has 148 valence electrons. The summed E-state index contributed by atoms with van der Waals surface area (Å²) in [6.07, 6.45) is 1.38. The number of carbonyl (C=O) groups excluding carboxylic acids is 3. The van der Waals surface area contributed by atoms with E-state index in [9.17, 15) is 14.4 Å². The molecule has 0 radical (unpaired) electrons. The lowest BCUT2D eigenvalue weighted by molar-refractivity contribution is -0.115. The third kappa shape index (κ3) is 5.46. The molecule has 3 amide bonds. The standard InChI is InChI=1S/C21H19N3O5/c1-28-17-10-8-16(9-11-17)24-20(26)14-4-6-15(7-5-14)23-19(25)13-22-21(27)18-3-2-12-29-18/h2-12H,13H2,1H3,(H,22,27)(H,23,25)(H,24,26). The number of hydrogen-bond donors (Lipinski definition) is 3. The lowest BCUT2D eigenvalue weighted by atomic mass is 10.2. The smallest absolute Gasteiger partial charge is 0.287 e. The summed E-state index contributed by atoms with van der Waals surface area (Å²) < 4.78 is 10.0. The van der Waals surface area contributed by atoms with Crippen molar-refractivity contribution in [3.8, 4) is 5.75 Å². The molecule has 0 bridgehead atoms. The number of rotatable bonds is 7. The van der Waals surface area contributed by atoms with Crippen LogP contribution in [0.1, 0.15) is 20.9 Å². The van der Waals surface area contributed by atoms with Gasteiger partial charge in [-0.15, -0.1) is 0 Å². The number of hydrogen-bond acceptors (Lipinski definition) is 5. The maximum absolute atomic E-state index is 12.3. The van der Waals surface area contributed by atoms with Gasteiger partial charge >= 0.3 is 0 Å². The van der Waals surface area contributed by atoms with E-state index in [1.54, 1.807) is 61.7 Å². The Bertz CT molecular complexity index is 980. The van der Waals surface area contributed by atoms with Crippen molar-refractivity contribution < 1.29 is 23.5 Å². The molecule has 1 aromatic heterocycles. The van der Waals surface area contributed by atoms with Crippen LogP contribution in [-0.4, -0.2) is 31.4 Å². The van der Waals surface area contributed by atoms with E-state index in [0.717, 1.165) is 0 Å². The SMILES string of the molecule is COc1ccc(NC(=O)c2ccc(NC(=O)CNC(=O)c3ccco3)cc2)cc1. The van der Waals surface area contributed by atoms with Crippen molar-refractivity contribution in [3.05, 3.63) is 78.3 Å². The van der Waals surface area contributed by atoms with Crippen molar-refractivity contribution in [2.75, 3.05) is 24.3 Å². The molecule has 8 heteroatoms. The molecule has 0 aliphatic heterocycles. The number of furan rings is 1. The van der Waals surface area contributed by atoms with Crippen molar-refractivity contribution in [2.24, 2.45) is 0 Å². The largest absolute Gasteiger partial charge is 0.497 e. The Hall–Kier alpha value is -4.07. The van der Waals surface area contributed by atoms with Gasteiger partial charge in [0.1, 0.15) is 5.75 Å². The minimum absolute atomic E-state index is 0.130. The zero-order valence-corrected chi connectivity index (χ0v) is 15.6. The second kappa shape index (κ2) is 9.23. The number of amides is 3. The zero-order chi connectivity index (χ0) is 20.6. The van der Waals surface area contributed by atoms with Crippen molar-refractivity contribution in [1.29, 1.82) is 0 Å². The van der Waals surface area contributed by atoms with Crippen molar-refractivity contribution in [3.63, 3.8) is 0 Å². The van der Waals surface area contributed by atoms with Crippen molar-refractivity contribution in [2.45, 2.75) is 0 Å². The highest BCUT2D eigenvalue weighted by Crippen LogP contribution is 2.16. The van der Waals surface area contributed by atoms with E-state index in [0.29, 0.717) is 22.7 Å². The molecule has 2 aromatic carbocycles. The van der Waals surface area contributed by atoms with Crippen molar-refractivity contribution >= 4 is 29.1 Å². The van der Waals surface area contributed by atoms with Gasteiger partial charge in [0.05, 0.1) is 19.9 Å². The van der Waals surface area contributed by atoms with Crippen LogP contribution in [0.2, 0.25) is 0 Å². The average molecular weight is 393 g/mol. The van der Waals surface area contributed by atoms with Gasteiger partial charge in [0.2, 0.25) is 5.91 Å². The van der Waals surface area contributed by atoms with E-state index in [4.69, 9.17) is 9.15 Å². The van der Waals surface area contributed by atoms with Crippen LogP contribution in [0.3, 0.4) is 0 Å². The minimum atomic E-state index is -0.476. The first-order valence-corrected chi connectivity index (χ1v) is 8.72. The average Bonchev–Trinajstić information content (AvgIpc) is 3.28. The summed E-state index contributed by atoms with van der Waals surface area (Å²) in [5.41, 5.74) is 1.58. The first kappa shape index (κ1) is 19.7. The lowest BCUT2D eigenvalue weighted by Gasteiger charge is -2.08. The van der Waals surface area contributed by atoms with Gasteiger partial charge in [-0.25, -0.2) is 0 Å². The van der Waals surface area contributed by atoms with Crippen LogP contribution in [0, 0.1) is 0 Å². The van der Waals surface area contributed by atoms with Crippen LogP contribution in [0.5, 0.6) is 5.75 Å². The van der Waals surface area contributed by atoms with Gasteiger partial charge in [0, 0.05) is 16.9 Å². The number of methoxy groups -OCH3 is 1. The monoisotopic (exact) mass is 393 g/mol. The third-order valence-electron chi connectivity index (χ3n) is 3.93. The van der Waals surface area contributed by atoms with E-state index >= 15 is 0 Å². The maximum atomic E-state index is 12.3. The number of benzene rings is 2. The number of carbonyl (C=O) groups is 3. The van der Waals surface area contributed by atoms with Crippen molar-refractivity contribution in [1.82, 2.24) is 5.32 Å². The minimum Gasteiger partial charge on any atom is -0.497 e. The molecule has 0 saturated heterocycles. The van der Waals surface area contributed by atoms with Gasteiger partial charge in [0.15, 0.2) is 5.76 Å². The van der Waals surface area contributed by atoms with Gasteiger partial charge in [-0.3, -0.25) is 14.4 Å². The first-order chi connectivity index (χ1) is 14.0. The molecule has 0 atom stereocenters. The molecule has 29 heavy (non-hydrogen) atoms. The van der Waals surface area contributed by atoms with Gasteiger partial charge in [-0.1, -0.05) is 0 Å².